The van der Waals surface area contributed by atoms with E-state index in [9.17, 15) is 4.79 Å². The molecular weight excluding hydrogens is 168 g/mol. The molecule has 13 heavy (non-hydrogen) atoms. The highest BCUT2D eigenvalue weighted by atomic mass is 16.4. The molecule has 1 rings (SSSR count). The molecule has 4 heteroatoms. The largest absolute Gasteiger partial charge is 0.481 e. The number of hydrogen-bond donors (Lipinski definition) is 1. The molecule has 1 heterocycles. The molecule has 0 radical (unpaired) electrons. The number of nitriles is 1. The number of hydrogen-bond acceptors (Lipinski definition) is 3. The highest BCUT2D eigenvalue weighted by Crippen LogP contribution is 2.20. The lowest BCUT2D eigenvalue weighted by Crippen LogP contribution is -2.20. The summed E-state index contributed by atoms with van der Waals surface area (Å²) in [6, 6.07) is 2.10. The van der Waals surface area contributed by atoms with Crippen molar-refractivity contribution in [3.8, 4) is 6.07 Å². The molecule has 0 spiro atoms. The molecule has 1 N–H and O–H groups in total. The van der Waals surface area contributed by atoms with E-state index in [0.29, 0.717) is 12.5 Å². The Hall–Kier alpha value is -1.08. The van der Waals surface area contributed by atoms with Gasteiger partial charge in [0, 0.05) is 13.0 Å². The van der Waals surface area contributed by atoms with Gasteiger partial charge in [0.1, 0.15) is 0 Å². The molecule has 1 fully saturated rings. The number of likely N-dealkylation sites (tertiary alicyclic amines) is 1. The van der Waals surface area contributed by atoms with Gasteiger partial charge in [0.15, 0.2) is 0 Å². The van der Waals surface area contributed by atoms with Gasteiger partial charge < -0.3 is 5.11 Å². The van der Waals surface area contributed by atoms with Crippen LogP contribution in [0.3, 0.4) is 0 Å². The monoisotopic (exact) mass is 182 g/mol. The highest BCUT2D eigenvalue weighted by Gasteiger charge is 2.22. The average molecular weight is 182 g/mol. The SMILES string of the molecule is N#CCN1CCC(CCC(=O)O)C1. The number of carboxylic acid groups (broad SMARTS) is 1. The van der Waals surface area contributed by atoms with E-state index in [-0.39, 0.29) is 6.42 Å². The summed E-state index contributed by atoms with van der Waals surface area (Å²) in [4.78, 5) is 12.4. The van der Waals surface area contributed by atoms with Crippen LogP contribution in [-0.4, -0.2) is 35.6 Å². The molecular formula is C9H14N2O2. The van der Waals surface area contributed by atoms with Crippen molar-refractivity contribution >= 4 is 5.97 Å². The van der Waals surface area contributed by atoms with Gasteiger partial charge in [-0.05, 0) is 25.3 Å². The fourth-order valence-electron chi connectivity index (χ4n) is 1.72. The standard InChI is InChI=1S/C9H14N2O2/c10-4-6-11-5-3-8(7-11)1-2-9(12)13/h8H,1-3,5-7H2,(H,12,13). The van der Waals surface area contributed by atoms with Crippen molar-refractivity contribution in [3.05, 3.63) is 0 Å². The van der Waals surface area contributed by atoms with Crippen molar-refractivity contribution in [2.45, 2.75) is 19.3 Å². The van der Waals surface area contributed by atoms with E-state index in [1.54, 1.807) is 0 Å². The molecule has 1 aliphatic rings. The zero-order valence-electron chi connectivity index (χ0n) is 7.57. The normalized spacial score (nSPS) is 22.8. The van der Waals surface area contributed by atoms with Crippen molar-refractivity contribution in [1.82, 2.24) is 4.90 Å². The Morgan fingerprint density at radius 3 is 3.08 bits per heavy atom. The summed E-state index contributed by atoms with van der Waals surface area (Å²) >= 11 is 0. The third-order valence-electron chi connectivity index (χ3n) is 2.43. The first-order chi connectivity index (χ1) is 6.22. The first kappa shape index (κ1) is 10.0. The Kier molecular flexibility index (Phi) is 3.71. The third-order valence-corrected chi connectivity index (χ3v) is 2.43. The summed E-state index contributed by atoms with van der Waals surface area (Å²) in [5.41, 5.74) is 0. The lowest BCUT2D eigenvalue weighted by atomic mass is 10.0. The second-order valence-corrected chi connectivity index (χ2v) is 3.48. The van der Waals surface area contributed by atoms with Gasteiger partial charge in [0.25, 0.3) is 0 Å². The van der Waals surface area contributed by atoms with Crippen LogP contribution in [0.25, 0.3) is 0 Å². The Morgan fingerprint density at radius 1 is 1.69 bits per heavy atom. The summed E-state index contributed by atoms with van der Waals surface area (Å²) in [6.07, 6.45) is 2.04. The van der Waals surface area contributed by atoms with Crippen LogP contribution < -0.4 is 0 Å². The van der Waals surface area contributed by atoms with Crippen molar-refractivity contribution in [2.75, 3.05) is 19.6 Å². The number of aliphatic carboxylic acids is 1. The number of nitrogens with zero attached hydrogens (tertiary/aromatic N) is 2. The summed E-state index contributed by atoms with van der Waals surface area (Å²) in [6.45, 7) is 2.31. The Bertz CT molecular complexity index is 222. The molecule has 0 aromatic rings. The maximum Gasteiger partial charge on any atom is 0.303 e. The van der Waals surface area contributed by atoms with Crippen LogP contribution in [-0.2, 0) is 4.79 Å². The molecule has 1 saturated heterocycles. The second-order valence-electron chi connectivity index (χ2n) is 3.48. The lowest BCUT2D eigenvalue weighted by Gasteiger charge is -2.10. The van der Waals surface area contributed by atoms with Crippen LogP contribution in [0.5, 0.6) is 0 Å². The van der Waals surface area contributed by atoms with Crippen LogP contribution in [0.1, 0.15) is 19.3 Å². The fourth-order valence-corrected chi connectivity index (χ4v) is 1.72. The van der Waals surface area contributed by atoms with E-state index in [1.165, 1.54) is 0 Å². The molecule has 1 atom stereocenters. The van der Waals surface area contributed by atoms with E-state index in [1.807, 2.05) is 0 Å². The number of carboxylic acids is 1. The second kappa shape index (κ2) is 4.83. The maximum absolute atomic E-state index is 10.3. The van der Waals surface area contributed by atoms with E-state index >= 15 is 0 Å². The zero-order valence-corrected chi connectivity index (χ0v) is 7.57. The van der Waals surface area contributed by atoms with Crippen LogP contribution in [0.4, 0.5) is 0 Å². The Labute approximate surface area is 77.8 Å². The van der Waals surface area contributed by atoms with Crippen LogP contribution in [0.2, 0.25) is 0 Å². The Balaban J connectivity index is 2.18. The summed E-state index contributed by atoms with van der Waals surface area (Å²) in [7, 11) is 0. The van der Waals surface area contributed by atoms with Gasteiger partial charge in [0.05, 0.1) is 12.6 Å². The first-order valence-electron chi connectivity index (χ1n) is 4.53. The van der Waals surface area contributed by atoms with E-state index in [0.717, 1.165) is 25.9 Å². The predicted molar refractivity (Wildman–Crippen MR) is 47.0 cm³/mol. The van der Waals surface area contributed by atoms with Gasteiger partial charge in [0.2, 0.25) is 0 Å². The fraction of sp³-hybridized carbons (Fsp3) is 0.778. The topological polar surface area (TPSA) is 64.3 Å². The van der Waals surface area contributed by atoms with Gasteiger partial charge in [-0.1, -0.05) is 0 Å². The van der Waals surface area contributed by atoms with Crippen molar-refractivity contribution in [3.63, 3.8) is 0 Å². The molecule has 0 bridgehead atoms. The molecule has 0 amide bonds. The summed E-state index contributed by atoms with van der Waals surface area (Å²) < 4.78 is 0. The minimum atomic E-state index is -0.723. The minimum Gasteiger partial charge on any atom is -0.481 e. The van der Waals surface area contributed by atoms with Crippen molar-refractivity contribution in [2.24, 2.45) is 5.92 Å². The molecule has 1 unspecified atom stereocenters. The Morgan fingerprint density at radius 2 is 2.46 bits per heavy atom. The van der Waals surface area contributed by atoms with Crippen LogP contribution >= 0.6 is 0 Å². The van der Waals surface area contributed by atoms with Gasteiger partial charge in [-0.3, -0.25) is 9.69 Å². The lowest BCUT2D eigenvalue weighted by molar-refractivity contribution is -0.137. The van der Waals surface area contributed by atoms with Gasteiger partial charge in [-0.25, -0.2) is 0 Å². The minimum absolute atomic E-state index is 0.255. The third kappa shape index (κ3) is 3.43. The van der Waals surface area contributed by atoms with E-state index < -0.39 is 5.97 Å². The molecule has 0 aromatic carbocycles. The highest BCUT2D eigenvalue weighted by molar-refractivity contribution is 5.66. The number of rotatable bonds is 4. The molecule has 72 valence electrons. The van der Waals surface area contributed by atoms with Crippen molar-refractivity contribution in [1.29, 1.82) is 5.26 Å². The van der Waals surface area contributed by atoms with Crippen LogP contribution in [0.15, 0.2) is 0 Å². The number of carbonyl (C=O) groups is 1. The van der Waals surface area contributed by atoms with E-state index in [4.69, 9.17) is 10.4 Å². The summed E-state index contributed by atoms with van der Waals surface area (Å²) in [5.74, 6) is -0.247. The molecule has 0 aromatic heterocycles. The van der Waals surface area contributed by atoms with Gasteiger partial charge in [-0.15, -0.1) is 0 Å². The van der Waals surface area contributed by atoms with Crippen LogP contribution in [0, 0.1) is 17.2 Å². The molecule has 4 nitrogen and oxygen atoms in total. The molecule has 1 aliphatic heterocycles. The van der Waals surface area contributed by atoms with E-state index in [2.05, 4.69) is 11.0 Å². The first-order valence-corrected chi connectivity index (χ1v) is 4.53. The zero-order chi connectivity index (χ0) is 9.68. The average Bonchev–Trinajstić information content (AvgIpc) is 2.50. The van der Waals surface area contributed by atoms with Gasteiger partial charge >= 0.3 is 5.97 Å². The van der Waals surface area contributed by atoms with Gasteiger partial charge in [-0.2, -0.15) is 5.26 Å². The smallest absolute Gasteiger partial charge is 0.303 e. The predicted octanol–water partition coefficient (Wildman–Crippen LogP) is 0.697. The maximum atomic E-state index is 10.3. The van der Waals surface area contributed by atoms with Crippen molar-refractivity contribution < 1.29 is 9.90 Å². The quantitative estimate of drug-likeness (QED) is 0.650. The molecule has 0 saturated carbocycles. The summed E-state index contributed by atoms with van der Waals surface area (Å²) in [5, 5.41) is 16.9. The molecule has 0 aliphatic carbocycles.